The van der Waals surface area contributed by atoms with Gasteiger partial charge in [0.05, 0.1) is 0 Å². The second-order valence-electron chi connectivity index (χ2n) is 4.92. The van der Waals surface area contributed by atoms with Crippen molar-refractivity contribution in [1.82, 2.24) is 0 Å². The number of rotatable bonds is 11. The quantitative estimate of drug-likeness (QED) is 0.458. The first-order valence-corrected chi connectivity index (χ1v) is 10.1. The van der Waals surface area contributed by atoms with E-state index in [0.717, 1.165) is 17.5 Å². The van der Waals surface area contributed by atoms with Gasteiger partial charge in [0, 0.05) is 37.8 Å². The smallest absolute Gasteiger partial charge is 0.374 e. The summed E-state index contributed by atoms with van der Waals surface area (Å²) in [7, 11) is -2.66. The fourth-order valence-electron chi connectivity index (χ4n) is 2.49. The van der Waals surface area contributed by atoms with E-state index < -0.39 is 8.80 Å². The Balaban J connectivity index is 2.90. The molecule has 1 aromatic carbocycles. The minimum Gasteiger partial charge on any atom is -0.374 e. The lowest BCUT2D eigenvalue weighted by atomic mass is 10.0. The van der Waals surface area contributed by atoms with E-state index in [1.807, 2.05) is 52.0 Å². The molecule has 0 unspecified atom stereocenters. The molecule has 0 amide bonds. The van der Waals surface area contributed by atoms with E-state index in [4.69, 9.17) is 13.3 Å². The molecule has 0 saturated heterocycles. The van der Waals surface area contributed by atoms with Crippen molar-refractivity contribution in [3.8, 4) is 0 Å². The molecule has 0 saturated carbocycles. The first-order chi connectivity index (χ1) is 10.6. The number of ketones is 1. The van der Waals surface area contributed by atoms with Crippen LogP contribution in [0.1, 0.15) is 50.0 Å². The van der Waals surface area contributed by atoms with Crippen LogP contribution in [0.3, 0.4) is 0 Å². The number of Topliss-reactive ketones (excluding diaryl/α,β-unsaturated/α-hetero) is 1. The molecule has 0 atom stereocenters. The molecule has 0 radical (unpaired) electrons. The fourth-order valence-corrected chi connectivity index (χ4v) is 5.07. The molecule has 0 fully saturated rings. The van der Waals surface area contributed by atoms with Crippen molar-refractivity contribution in [2.75, 3.05) is 19.8 Å². The van der Waals surface area contributed by atoms with Gasteiger partial charge in [-0.2, -0.15) is 0 Å². The molecule has 1 aromatic rings. The zero-order valence-corrected chi connectivity index (χ0v) is 15.2. The number of hydrogen-bond acceptors (Lipinski definition) is 4. The summed E-state index contributed by atoms with van der Waals surface area (Å²) in [5.41, 5.74) is 1.85. The molecule has 0 aliphatic rings. The third-order valence-corrected chi connectivity index (χ3v) is 6.48. The topological polar surface area (TPSA) is 44.8 Å². The van der Waals surface area contributed by atoms with Gasteiger partial charge in [-0.3, -0.25) is 4.79 Å². The van der Waals surface area contributed by atoms with Gasteiger partial charge >= 0.3 is 8.80 Å². The standard InChI is InChI=1S/C17H28O4Si/c1-5-17(18)16-12-10-9-11-15(16)13-14-22(19-6-2,20-7-3)21-8-4/h9-12H,5-8,13-14H2,1-4H3. The zero-order valence-electron chi connectivity index (χ0n) is 14.2. The minimum atomic E-state index is -2.66. The van der Waals surface area contributed by atoms with Crippen molar-refractivity contribution >= 4 is 14.6 Å². The Labute approximate surface area is 135 Å². The molecule has 0 heterocycles. The summed E-state index contributed by atoms with van der Waals surface area (Å²) in [6, 6.07) is 8.46. The maximum absolute atomic E-state index is 12.1. The third-order valence-electron chi connectivity index (χ3n) is 3.43. The van der Waals surface area contributed by atoms with Gasteiger partial charge in [-0.25, -0.2) is 0 Å². The van der Waals surface area contributed by atoms with Crippen LogP contribution in [0.5, 0.6) is 0 Å². The summed E-state index contributed by atoms with van der Waals surface area (Å²) in [6.07, 6.45) is 1.25. The molecule has 0 spiro atoms. The van der Waals surface area contributed by atoms with E-state index in [1.165, 1.54) is 0 Å². The van der Waals surface area contributed by atoms with Gasteiger partial charge in [-0.15, -0.1) is 0 Å². The Bertz CT molecular complexity index is 445. The van der Waals surface area contributed by atoms with Crippen molar-refractivity contribution in [3.05, 3.63) is 35.4 Å². The van der Waals surface area contributed by atoms with Gasteiger partial charge in [0.1, 0.15) is 0 Å². The van der Waals surface area contributed by atoms with Crippen LogP contribution in [0.25, 0.3) is 0 Å². The Kier molecular flexibility index (Phi) is 8.56. The van der Waals surface area contributed by atoms with Gasteiger partial charge < -0.3 is 13.3 Å². The van der Waals surface area contributed by atoms with Crippen LogP contribution in [-0.2, 0) is 19.7 Å². The first kappa shape index (κ1) is 19.0. The lowest BCUT2D eigenvalue weighted by Crippen LogP contribution is -2.46. The highest BCUT2D eigenvalue weighted by Gasteiger charge is 2.40. The number of benzene rings is 1. The van der Waals surface area contributed by atoms with Gasteiger partial charge in [0.25, 0.3) is 0 Å². The van der Waals surface area contributed by atoms with Crippen LogP contribution in [0.2, 0.25) is 6.04 Å². The normalized spacial score (nSPS) is 11.6. The van der Waals surface area contributed by atoms with E-state index >= 15 is 0 Å². The molecule has 4 nitrogen and oxygen atoms in total. The van der Waals surface area contributed by atoms with Gasteiger partial charge in [0.15, 0.2) is 5.78 Å². The molecule has 0 aromatic heterocycles. The monoisotopic (exact) mass is 324 g/mol. The minimum absolute atomic E-state index is 0.173. The summed E-state index contributed by atoms with van der Waals surface area (Å²) in [5.74, 6) is 0.173. The van der Waals surface area contributed by atoms with Gasteiger partial charge in [-0.05, 0) is 32.8 Å². The number of carbonyl (C=O) groups excluding carboxylic acids is 1. The maximum Gasteiger partial charge on any atom is 0.501 e. The lowest BCUT2D eigenvalue weighted by molar-refractivity contribution is 0.0713. The van der Waals surface area contributed by atoms with E-state index in [2.05, 4.69) is 0 Å². The average Bonchev–Trinajstić information content (AvgIpc) is 2.53. The molecule has 0 aliphatic carbocycles. The molecule has 1 rings (SSSR count). The van der Waals surface area contributed by atoms with E-state index in [-0.39, 0.29) is 5.78 Å². The molecule has 0 N–H and O–H groups in total. The Morgan fingerprint density at radius 1 is 0.955 bits per heavy atom. The summed E-state index contributed by atoms with van der Waals surface area (Å²) in [4.78, 5) is 12.1. The Morgan fingerprint density at radius 2 is 1.50 bits per heavy atom. The third kappa shape index (κ3) is 5.32. The van der Waals surface area contributed by atoms with Crippen LogP contribution in [0.4, 0.5) is 0 Å². The predicted octanol–water partition coefficient (Wildman–Crippen LogP) is 3.87. The highest BCUT2D eigenvalue weighted by molar-refractivity contribution is 6.60. The maximum atomic E-state index is 12.1. The SMILES string of the molecule is CCO[Si](CCc1ccccc1C(=O)CC)(OCC)OCC. The number of carbonyl (C=O) groups is 1. The van der Waals surface area contributed by atoms with Gasteiger partial charge in [-0.1, -0.05) is 31.2 Å². The van der Waals surface area contributed by atoms with E-state index in [9.17, 15) is 4.79 Å². The first-order valence-electron chi connectivity index (χ1n) is 8.15. The molecule has 22 heavy (non-hydrogen) atoms. The largest absolute Gasteiger partial charge is 0.501 e. The van der Waals surface area contributed by atoms with Crippen molar-refractivity contribution in [1.29, 1.82) is 0 Å². The van der Waals surface area contributed by atoms with Crippen LogP contribution >= 0.6 is 0 Å². The number of aryl methyl sites for hydroxylation is 1. The fraction of sp³-hybridized carbons (Fsp3) is 0.588. The summed E-state index contributed by atoms with van der Waals surface area (Å²) < 4.78 is 17.6. The highest BCUT2D eigenvalue weighted by Crippen LogP contribution is 2.21. The van der Waals surface area contributed by atoms with Crippen LogP contribution in [0.15, 0.2) is 24.3 Å². The van der Waals surface area contributed by atoms with E-state index in [1.54, 1.807) is 0 Å². The van der Waals surface area contributed by atoms with Crippen molar-refractivity contribution in [2.45, 2.75) is 46.6 Å². The van der Waals surface area contributed by atoms with Gasteiger partial charge in [0.2, 0.25) is 0 Å². The van der Waals surface area contributed by atoms with Crippen molar-refractivity contribution in [2.24, 2.45) is 0 Å². The van der Waals surface area contributed by atoms with Crippen LogP contribution in [0, 0.1) is 0 Å². The molecule has 0 bridgehead atoms. The van der Waals surface area contributed by atoms with Crippen LogP contribution in [-0.4, -0.2) is 34.4 Å². The average molecular weight is 324 g/mol. The Morgan fingerprint density at radius 3 is 2.00 bits per heavy atom. The molecule has 5 heteroatoms. The van der Waals surface area contributed by atoms with Crippen molar-refractivity contribution < 1.29 is 18.1 Å². The zero-order chi connectivity index (χ0) is 16.4. The highest BCUT2D eigenvalue weighted by atomic mass is 28.4. The molecular formula is C17H28O4Si. The second kappa shape index (κ2) is 9.89. The predicted molar refractivity (Wildman–Crippen MR) is 90.2 cm³/mol. The molecule has 124 valence electrons. The summed E-state index contributed by atoms with van der Waals surface area (Å²) in [5, 5.41) is 0. The molecular weight excluding hydrogens is 296 g/mol. The summed E-state index contributed by atoms with van der Waals surface area (Å²) >= 11 is 0. The lowest BCUT2D eigenvalue weighted by Gasteiger charge is -2.28. The van der Waals surface area contributed by atoms with Crippen LogP contribution < -0.4 is 0 Å². The van der Waals surface area contributed by atoms with Crippen molar-refractivity contribution in [3.63, 3.8) is 0 Å². The molecule has 0 aliphatic heterocycles. The Hall–Kier alpha value is -1.01. The number of hydrogen-bond donors (Lipinski definition) is 0. The second-order valence-corrected chi connectivity index (χ2v) is 7.65. The summed E-state index contributed by atoms with van der Waals surface area (Å²) in [6.45, 7) is 9.46. The van der Waals surface area contributed by atoms with E-state index in [0.29, 0.717) is 32.3 Å².